The quantitative estimate of drug-likeness (QED) is 0.776. The summed E-state index contributed by atoms with van der Waals surface area (Å²) >= 11 is 0. The second-order valence-corrected chi connectivity index (χ2v) is 4.15. The van der Waals surface area contributed by atoms with Gasteiger partial charge in [0.1, 0.15) is 6.54 Å². The lowest BCUT2D eigenvalue weighted by Crippen LogP contribution is -2.07. The Bertz CT molecular complexity index is 735. The van der Waals surface area contributed by atoms with Crippen LogP contribution in [0.25, 0.3) is 22.3 Å². The first-order chi connectivity index (χ1) is 9.25. The van der Waals surface area contributed by atoms with Crippen LogP contribution in [0.2, 0.25) is 0 Å². The fraction of sp³-hybridized carbons (Fsp3) is 0.0714. The van der Waals surface area contributed by atoms with Gasteiger partial charge in [0.2, 0.25) is 0 Å². The second-order valence-electron chi connectivity index (χ2n) is 4.15. The molecule has 0 atom stereocenters. The van der Waals surface area contributed by atoms with Gasteiger partial charge in [-0.3, -0.25) is 9.78 Å². The van der Waals surface area contributed by atoms with Gasteiger partial charge in [-0.1, -0.05) is 18.2 Å². The average Bonchev–Trinajstić information content (AvgIpc) is 2.82. The number of carboxylic acid groups (broad SMARTS) is 1. The lowest BCUT2D eigenvalue weighted by molar-refractivity contribution is -0.137. The zero-order valence-corrected chi connectivity index (χ0v) is 10.0. The first-order valence-corrected chi connectivity index (χ1v) is 5.83. The number of rotatable bonds is 3. The lowest BCUT2D eigenvalue weighted by Gasteiger charge is -2.06. The minimum atomic E-state index is -0.893. The monoisotopic (exact) mass is 253 g/mol. The third-order valence-corrected chi connectivity index (χ3v) is 2.88. The number of aromatic nitrogens is 3. The largest absolute Gasteiger partial charge is 0.480 e. The summed E-state index contributed by atoms with van der Waals surface area (Å²) in [6, 6.07) is 11.3. The average molecular weight is 253 g/mol. The van der Waals surface area contributed by atoms with E-state index < -0.39 is 5.97 Å². The van der Waals surface area contributed by atoms with Crippen LogP contribution >= 0.6 is 0 Å². The molecule has 0 radical (unpaired) electrons. The summed E-state index contributed by atoms with van der Waals surface area (Å²) in [5, 5.41) is 8.94. The molecule has 0 unspecified atom stereocenters. The van der Waals surface area contributed by atoms with E-state index in [9.17, 15) is 4.79 Å². The molecule has 0 saturated heterocycles. The number of imidazole rings is 1. The molecule has 0 bridgehead atoms. The number of hydrogen-bond acceptors (Lipinski definition) is 3. The van der Waals surface area contributed by atoms with Gasteiger partial charge >= 0.3 is 5.97 Å². The number of carbonyl (C=O) groups is 1. The molecule has 1 N–H and O–H groups in total. The molecule has 0 saturated carbocycles. The number of carboxylic acids is 1. The van der Waals surface area contributed by atoms with Crippen molar-refractivity contribution in [3.05, 3.63) is 48.9 Å². The molecule has 0 aliphatic heterocycles. The van der Waals surface area contributed by atoms with Gasteiger partial charge in [0.15, 0.2) is 0 Å². The number of benzene rings is 1. The van der Waals surface area contributed by atoms with Crippen LogP contribution in [0.1, 0.15) is 0 Å². The number of fused-ring (bicyclic) bond motifs is 1. The van der Waals surface area contributed by atoms with Crippen molar-refractivity contribution in [1.29, 1.82) is 0 Å². The minimum Gasteiger partial charge on any atom is -0.480 e. The molecule has 0 aliphatic carbocycles. The van der Waals surface area contributed by atoms with Crippen molar-refractivity contribution in [2.45, 2.75) is 6.54 Å². The number of para-hydroxylation sites is 1. The van der Waals surface area contributed by atoms with Crippen molar-refractivity contribution in [3.63, 3.8) is 0 Å². The summed E-state index contributed by atoms with van der Waals surface area (Å²) < 4.78 is 1.63. The van der Waals surface area contributed by atoms with Gasteiger partial charge in [-0.15, -0.1) is 0 Å². The summed E-state index contributed by atoms with van der Waals surface area (Å²) in [4.78, 5) is 19.4. The Morgan fingerprint density at radius 1 is 1.16 bits per heavy atom. The van der Waals surface area contributed by atoms with E-state index in [1.54, 1.807) is 17.1 Å². The van der Waals surface area contributed by atoms with E-state index in [1.807, 2.05) is 36.4 Å². The summed E-state index contributed by atoms with van der Waals surface area (Å²) in [7, 11) is 0. The number of aliphatic carboxylic acids is 1. The Morgan fingerprint density at radius 3 is 2.79 bits per heavy atom. The minimum absolute atomic E-state index is 0.111. The third kappa shape index (κ3) is 2.06. The molecule has 1 aromatic carbocycles. The van der Waals surface area contributed by atoms with Crippen LogP contribution in [0.15, 0.2) is 48.9 Å². The molecule has 0 amide bonds. The van der Waals surface area contributed by atoms with E-state index in [0.717, 1.165) is 22.3 Å². The van der Waals surface area contributed by atoms with Gasteiger partial charge in [0.25, 0.3) is 0 Å². The van der Waals surface area contributed by atoms with Crippen LogP contribution in [0.4, 0.5) is 0 Å². The molecule has 0 aliphatic rings. The van der Waals surface area contributed by atoms with Gasteiger partial charge in [-0.2, -0.15) is 0 Å². The predicted molar refractivity (Wildman–Crippen MR) is 70.6 cm³/mol. The van der Waals surface area contributed by atoms with E-state index in [-0.39, 0.29) is 6.54 Å². The Labute approximate surface area is 109 Å². The molecular weight excluding hydrogens is 242 g/mol. The van der Waals surface area contributed by atoms with E-state index >= 15 is 0 Å². The molecule has 3 rings (SSSR count). The summed E-state index contributed by atoms with van der Waals surface area (Å²) in [6.45, 7) is -0.111. The van der Waals surface area contributed by atoms with E-state index in [2.05, 4.69) is 9.97 Å². The molecule has 5 heteroatoms. The highest BCUT2D eigenvalue weighted by Gasteiger charge is 2.11. The van der Waals surface area contributed by atoms with Crippen LogP contribution in [0.3, 0.4) is 0 Å². The van der Waals surface area contributed by atoms with Crippen LogP contribution in [0, 0.1) is 0 Å². The van der Waals surface area contributed by atoms with E-state index in [1.165, 1.54) is 0 Å². The summed E-state index contributed by atoms with van der Waals surface area (Å²) in [5.41, 5.74) is 3.25. The van der Waals surface area contributed by atoms with Crippen LogP contribution in [-0.4, -0.2) is 25.6 Å². The van der Waals surface area contributed by atoms with Gasteiger partial charge in [0.05, 0.1) is 23.1 Å². The highest BCUT2D eigenvalue weighted by atomic mass is 16.4. The topological polar surface area (TPSA) is 68.0 Å². The Morgan fingerprint density at radius 2 is 2.05 bits per heavy atom. The Balaban J connectivity index is 2.24. The van der Waals surface area contributed by atoms with Crippen LogP contribution < -0.4 is 0 Å². The highest BCUT2D eigenvalue weighted by molar-refractivity contribution is 5.91. The summed E-state index contributed by atoms with van der Waals surface area (Å²) in [6.07, 6.45) is 3.26. The van der Waals surface area contributed by atoms with Gasteiger partial charge < -0.3 is 9.67 Å². The van der Waals surface area contributed by atoms with Crippen LogP contribution in [-0.2, 0) is 11.3 Å². The summed E-state index contributed by atoms with van der Waals surface area (Å²) in [5.74, 6) is -0.893. The first kappa shape index (κ1) is 11.4. The first-order valence-electron chi connectivity index (χ1n) is 5.83. The zero-order valence-electron chi connectivity index (χ0n) is 10.0. The van der Waals surface area contributed by atoms with Crippen molar-refractivity contribution in [2.24, 2.45) is 0 Å². The zero-order chi connectivity index (χ0) is 13.2. The van der Waals surface area contributed by atoms with Crippen molar-refractivity contribution < 1.29 is 9.90 Å². The molecule has 94 valence electrons. The number of pyridine rings is 1. The molecule has 0 fully saturated rings. The standard InChI is InChI=1S/C14H11N3O2/c18-13(19)8-17-9-16-12-6-3-4-10(14(12)17)11-5-1-2-7-15-11/h1-7,9H,8H2,(H,18,19). The fourth-order valence-electron chi connectivity index (χ4n) is 2.12. The normalized spacial score (nSPS) is 10.7. The van der Waals surface area contributed by atoms with Crippen molar-refractivity contribution in [2.75, 3.05) is 0 Å². The smallest absolute Gasteiger partial charge is 0.323 e. The molecule has 2 aromatic heterocycles. The van der Waals surface area contributed by atoms with Crippen LogP contribution in [0.5, 0.6) is 0 Å². The molecule has 2 heterocycles. The molecule has 5 nitrogen and oxygen atoms in total. The predicted octanol–water partition coefficient (Wildman–Crippen LogP) is 2.18. The fourth-order valence-corrected chi connectivity index (χ4v) is 2.12. The van der Waals surface area contributed by atoms with Gasteiger partial charge in [0, 0.05) is 11.8 Å². The second kappa shape index (κ2) is 4.53. The van der Waals surface area contributed by atoms with Crippen molar-refractivity contribution >= 4 is 17.0 Å². The number of hydrogen-bond donors (Lipinski definition) is 1. The molecule has 19 heavy (non-hydrogen) atoms. The SMILES string of the molecule is O=C(O)Cn1cnc2cccc(-c3ccccn3)c21. The van der Waals surface area contributed by atoms with Gasteiger partial charge in [-0.05, 0) is 18.2 Å². The maximum Gasteiger partial charge on any atom is 0.323 e. The molecule has 0 spiro atoms. The van der Waals surface area contributed by atoms with E-state index in [4.69, 9.17) is 5.11 Å². The molecular formula is C14H11N3O2. The van der Waals surface area contributed by atoms with Crippen molar-refractivity contribution in [1.82, 2.24) is 14.5 Å². The molecule has 3 aromatic rings. The van der Waals surface area contributed by atoms with Crippen molar-refractivity contribution in [3.8, 4) is 11.3 Å². The van der Waals surface area contributed by atoms with Gasteiger partial charge in [-0.25, -0.2) is 4.98 Å². The highest BCUT2D eigenvalue weighted by Crippen LogP contribution is 2.26. The lowest BCUT2D eigenvalue weighted by atomic mass is 10.1. The Hall–Kier alpha value is -2.69. The maximum absolute atomic E-state index is 10.9. The third-order valence-electron chi connectivity index (χ3n) is 2.88. The number of nitrogens with zero attached hydrogens (tertiary/aromatic N) is 3. The van der Waals surface area contributed by atoms with E-state index in [0.29, 0.717) is 0 Å². The maximum atomic E-state index is 10.9. The Kier molecular flexibility index (Phi) is 2.72.